The van der Waals surface area contributed by atoms with Gasteiger partial charge in [-0.2, -0.15) is 0 Å². The molecule has 0 bridgehead atoms. The van der Waals surface area contributed by atoms with Gasteiger partial charge >= 0.3 is 0 Å². The van der Waals surface area contributed by atoms with E-state index in [4.69, 9.17) is 0 Å². The second-order valence-corrected chi connectivity index (χ2v) is 6.38. The van der Waals surface area contributed by atoms with Crippen LogP contribution in [0, 0.1) is 17.5 Å². The Morgan fingerprint density at radius 3 is 2.32 bits per heavy atom. The average Bonchev–Trinajstić information content (AvgIpc) is 2.59. The summed E-state index contributed by atoms with van der Waals surface area (Å²) < 4.78 is 39.7. The van der Waals surface area contributed by atoms with Crippen LogP contribution in [-0.4, -0.2) is 24.5 Å². The lowest BCUT2D eigenvalue weighted by Gasteiger charge is -2.28. The molecular formula is C19H19F3N2O. The van der Waals surface area contributed by atoms with Crippen LogP contribution in [0.1, 0.15) is 30.1 Å². The highest BCUT2D eigenvalue weighted by Crippen LogP contribution is 2.24. The number of amides is 1. The molecule has 2 atom stereocenters. The Morgan fingerprint density at radius 2 is 1.72 bits per heavy atom. The Hall–Kier alpha value is -2.34. The summed E-state index contributed by atoms with van der Waals surface area (Å²) >= 11 is 0. The Morgan fingerprint density at radius 1 is 1.08 bits per heavy atom. The molecule has 1 aliphatic rings. The van der Waals surface area contributed by atoms with Crippen LogP contribution in [0.2, 0.25) is 0 Å². The van der Waals surface area contributed by atoms with E-state index < -0.39 is 17.5 Å². The molecule has 25 heavy (non-hydrogen) atoms. The third-order valence-corrected chi connectivity index (χ3v) is 4.42. The number of piperidine rings is 1. The average molecular weight is 348 g/mol. The maximum absolute atomic E-state index is 13.3. The number of carbonyl (C=O) groups excluding carboxylic acids is 1. The van der Waals surface area contributed by atoms with Crippen molar-refractivity contribution < 1.29 is 18.0 Å². The lowest BCUT2D eigenvalue weighted by Crippen LogP contribution is -2.46. The van der Waals surface area contributed by atoms with E-state index in [1.807, 2.05) is 0 Å². The van der Waals surface area contributed by atoms with E-state index >= 15 is 0 Å². The third-order valence-electron chi connectivity index (χ3n) is 4.42. The van der Waals surface area contributed by atoms with Crippen LogP contribution < -0.4 is 10.6 Å². The summed E-state index contributed by atoms with van der Waals surface area (Å²) in [5, 5.41) is 6.33. The fourth-order valence-corrected chi connectivity index (χ4v) is 3.07. The van der Waals surface area contributed by atoms with Gasteiger partial charge in [0.2, 0.25) is 0 Å². The van der Waals surface area contributed by atoms with E-state index in [0.29, 0.717) is 17.2 Å². The first-order valence-electron chi connectivity index (χ1n) is 8.23. The predicted molar refractivity (Wildman–Crippen MR) is 89.7 cm³/mol. The monoisotopic (exact) mass is 348 g/mol. The molecule has 0 spiro atoms. The summed E-state index contributed by atoms with van der Waals surface area (Å²) in [6.07, 6.45) is 1.75. The molecule has 0 aromatic heterocycles. The molecule has 0 aliphatic carbocycles. The van der Waals surface area contributed by atoms with Crippen molar-refractivity contribution in [1.29, 1.82) is 0 Å². The second kappa shape index (κ2) is 7.27. The van der Waals surface area contributed by atoms with Crippen molar-refractivity contribution >= 4 is 5.91 Å². The summed E-state index contributed by atoms with van der Waals surface area (Å²) in [5.41, 5.74) is 1.19. The van der Waals surface area contributed by atoms with Crippen molar-refractivity contribution in [3.63, 3.8) is 0 Å². The topological polar surface area (TPSA) is 41.1 Å². The van der Waals surface area contributed by atoms with Gasteiger partial charge in [0.15, 0.2) is 17.5 Å². The number of carbonyl (C=O) groups is 1. The first-order chi connectivity index (χ1) is 11.9. The minimum absolute atomic E-state index is 0.128. The molecule has 1 saturated heterocycles. The lowest BCUT2D eigenvalue weighted by atomic mass is 9.99. The maximum atomic E-state index is 13.3. The maximum Gasteiger partial charge on any atom is 0.251 e. The standard InChI is InChI=1S/C19H19F3N2O/c1-11-8-15(6-7-23-11)24-19(25)13-4-2-12(3-5-13)14-9-16(20)18(22)17(21)10-14/h2-5,9-11,15,23H,6-8H2,1H3,(H,24,25). The van der Waals surface area contributed by atoms with Crippen LogP contribution in [0.5, 0.6) is 0 Å². The minimum Gasteiger partial charge on any atom is -0.349 e. The molecule has 0 radical (unpaired) electrons. The first kappa shape index (κ1) is 17.5. The van der Waals surface area contributed by atoms with Crippen LogP contribution in [-0.2, 0) is 0 Å². The van der Waals surface area contributed by atoms with Gasteiger partial charge in [-0.1, -0.05) is 12.1 Å². The molecule has 2 aromatic rings. The van der Waals surface area contributed by atoms with Crippen LogP contribution in [0.15, 0.2) is 36.4 Å². The van der Waals surface area contributed by atoms with Gasteiger partial charge in [0.05, 0.1) is 0 Å². The molecule has 1 fully saturated rings. The number of hydrogen-bond acceptors (Lipinski definition) is 2. The first-order valence-corrected chi connectivity index (χ1v) is 8.23. The number of halogens is 3. The van der Waals surface area contributed by atoms with Gasteiger partial charge in [0.1, 0.15) is 0 Å². The van der Waals surface area contributed by atoms with Crippen LogP contribution in [0.4, 0.5) is 13.2 Å². The molecule has 3 rings (SSSR count). The molecule has 2 N–H and O–H groups in total. The Labute approximate surface area is 144 Å². The van der Waals surface area contributed by atoms with E-state index in [1.165, 1.54) is 0 Å². The van der Waals surface area contributed by atoms with Gasteiger partial charge in [-0.3, -0.25) is 4.79 Å². The summed E-state index contributed by atoms with van der Waals surface area (Å²) in [6.45, 7) is 2.95. The van der Waals surface area contributed by atoms with Crippen LogP contribution in [0.3, 0.4) is 0 Å². The van der Waals surface area contributed by atoms with Crippen molar-refractivity contribution in [2.75, 3.05) is 6.54 Å². The second-order valence-electron chi connectivity index (χ2n) is 6.38. The van der Waals surface area contributed by atoms with Gasteiger partial charge < -0.3 is 10.6 Å². The highest BCUT2D eigenvalue weighted by atomic mass is 19.2. The van der Waals surface area contributed by atoms with Crippen molar-refractivity contribution in [3.05, 3.63) is 59.4 Å². The Balaban J connectivity index is 1.72. The van der Waals surface area contributed by atoms with Gasteiger partial charge in [0.25, 0.3) is 5.91 Å². The minimum atomic E-state index is -1.49. The van der Waals surface area contributed by atoms with Gasteiger partial charge in [0, 0.05) is 17.6 Å². The molecule has 2 unspecified atom stereocenters. The van der Waals surface area contributed by atoms with E-state index in [0.717, 1.165) is 31.5 Å². The zero-order valence-electron chi connectivity index (χ0n) is 13.8. The van der Waals surface area contributed by atoms with Gasteiger partial charge in [-0.05, 0) is 61.7 Å². The summed E-state index contributed by atoms with van der Waals surface area (Å²) in [6, 6.07) is 8.72. The zero-order chi connectivity index (χ0) is 18.0. The highest BCUT2D eigenvalue weighted by molar-refractivity contribution is 5.94. The van der Waals surface area contributed by atoms with Crippen molar-refractivity contribution in [1.82, 2.24) is 10.6 Å². The van der Waals surface area contributed by atoms with Crippen molar-refractivity contribution in [2.45, 2.75) is 31.8 Å². The molecule has 6 heteroatoms. The third kappa shape index (κ3) is 4.02. The molecule has 132 valence electrons. The molecule has 3 nitrogen and oxygen atoms in total. The van der Waals surface area contributed by atoms with Gasteiger partial charge in [-0.25, -0.2) is 13.2 Å². The Bertz CT molecular complexity index is 754. The molecule has 0 saturated carbocycles. The number of nitrogens with one attached hydrogen (secondary N) is 2. The SMILES string of the molecule is CC1CC(NC(=O)c2ccc(-c3cc(F)c(F)c(F)c3)cc2)CCN1. The number of rotatable bonds is 3. The van der Waals surface area contributed by atoms with E-state index in [1.54, 1.807) is 24.3 Å². The zero-order valence-corrected chi connectivity index (χ0v) is 13.8. The smallest absolute Gasteiger partial charge is 0.251 e. The lowest BCUT2D eigenvalue weighted by molar-refractivity contribution is 0.0925. The molecule has 1 amide bonds. The molecule has 1 aliphatic heterocycles. The van der Waals surface area contributed by atoms with E-state index in [-0.39, 0.29) is 17.5 Å². The van der Waals surface area contributed by atoms with Crippen molar-refractivity contribution in [2.24, 2.45) is 0 Å². The molecule has 1 heterocycles. The largest absolute Gasteiger partial charge is 0.349 e. The fourth-order valence-electron chi connectivity index (χ4n) is 3.07. The number of hydrogen-bond donors (Lipinski definition) is 2. The van der Waals surface area contributed by atoms with E-state index in [9.17, 15) is 18.0 Å². The highest BCUT2D eigenvalue weighted by Gasteiger charge is 2.20. The Kier molecular flexibility index (Phi) is 5.08. The number of benzene rings is 2. The van der Waals surface area contributed by atoms with E-state index in [2.05, 4.69) is 17.6 Å². The summed E-state index contributed by atoms with van der Waals surface area (Å²) in [5.74, 6) is -4.15. The van der Waals surface area contributed by atoms with Crippen LogP contribution in [0.25, 0.3) is 11.1 Å². The molecular weight excluding hydrogens is 329 g/mol. The summed E-state index contributed by atoms with van der Waals surface area (Å²) in [7, 11) is 0. The normalized spacial score (nSPS) is 20.3. The fraction of sp³-hybridized carbons (Fsp3) is 0.316. The quantitative estimate of drug-likeness (QED) is 0.832. The predicted octanol–water partition coefficient (Wildman–Crippen LogP) is 3.64. The van der Waals surface area contributed by atoms with Gasteiger partial charge in [-0.15, -0.1) is 0 Å². The van der Waals surface area contributed by atoms with Crippen molar-refractivity contribution in [3.8, 4) is 11.1 Å². The van der Waals surface area contributed by atoms with Crippen LogP contribution >= 0.6 is 0 Å². The molecule has 2 aromatic carbocycles. The summed E-state index contributed by atoms with van der Waals surface area (Å²) in [4.78, 5) is 12.3.